The highest BCUT2D eigenvalue weighted by Crippen LogP contribution is 2.23. The fraction of sp³-hybridized carbons (Fsp3) is 0.278. The van der Waals surface area contributed by atoms with Crippen LogP contribution >= 0.6 is 0 Å². The van der Waals surface area contributed by atoms with E-state index in [1.54, 1.807) is 7.11 Å². The number of rotatable bonds is 7. The molecule has 1 N–H and O–H groups in total. The molecule has 0 saturated heterocycles. The molecule has 1 atom stereocenters. The van der Waals surface area contributed by atoms with E-state index in [2.05, 4.69) is 4.99 Å². The second kappa shape index (κ2) is 8.25. The van der Waals surface area contributed by atoms with Crippen LogP contribution in [0.15, 0.2) is 47.5 Å². The van der Waals surface area contributed by atoms with E-state index in [1.165, 1.54) is 24.4 Å². The summed E-state index contributed by atoms with van der Waals surface area (Å²) in [7, 11) is 5.65. The molecule has 2 aromatic carbocycles. The third kappa shape index (κ3) is 4.54. The molecule has 0 aromatic heterocycles. The van der Waals surface area contributed by atoms with E-state index < -0.39 is 4.92 Å². The lowest BCUT2D eigenvalue weighted by atomic mass is 10.0. The number of nitrogens with zero attached hydrogens (tertiary/aromatic N) is 2. The topological polar surface area (TPSA) is 92.2 Å². The molecule has 2 aromatic rings. The number of non-ortho nitro benzene ring substituents is 1. The zero-order valence-electron chi connectivity index (χ0n) is 14.4. The maximum absolute atomic E-state index is 11.8. The van der Waals surface area contributed by atoms with Gasteiger partial charge < -0.3 is 14.7 Å². The van der Waals surface area contributed by atoms with Crippen LogP contribution in [0.5, 0.6) is 11.5 Å². The maximum atomic E-state index is 11.8. The van der Waals surface area contributed by atoms with Gasteiger partial charge in [-0.15, -0.1) is 0 Å². The molecular formula is C18H21N3O4. The average Bonchev–Trinajstić information content (AvgIpc) is 2.59. The molecular weight excluding hydrogens is 322 g/mol. The first-order valence-corrected chi connectivity index (χ1v) is 7.82. The predicted octanol–water partition coefficient (Wildman–Crippen LogP) is 0.982. The number of hydrogen-bond donors (Lipinski definition) is 1. The number of aliphatic imine (C=N–C) groups is 1. The molecule has 0 saturated carbocycles. The lowest BCUT2D eigenvalue weighted by Crippen LogP contribution is -3.06. The van der Waals surface area contributed by atoms with E-state index in [0.717, 1.165) is 16.2 Å². The molecule has 2 rings (SSSR count). The Labute approximate surface area is 146 Å². The van der Waals surface area contributed by atoms with Crippen LogP contribution in [0, 0.1) is 10.1 Å². The highest BCUT2D eigenvalue weighted by molar-refractivity contribution is 5.84. The summed E-state index contributed by atoms with van der Waals surface area (Å²) in [5.41, 5.74) is 1.10. The molecule has 7 nitrogen and oxygen atoms in total. The van der Waals surface area contributed by atoms with Crippen LogP contribution in [-0.4, -0.2) is 38.9 Å². The number of nitrogens with one attached hydrogen (secondary N) is 1. The fourth-order valence-corrected chi connectivity index (χ4v) is 2.55. The van der Waals surface area contributed by atoms with Crippen LogP contribution in [0.2, 0.25) is 0 Å². The number of hydrogen-bond acceptors (Lipinski definition) is 5. The Kier molecular flexibility index (Phi) is 6.08. The number of benzene rings is 2. The van der Waals surface area contributed by atoms with E-state index in [0.29, 0.717) is 6.54 Å². The van der Waals surface area contributed by atoms with Gasteiger partial charge in [-0.1, -0.05) is 23.9 Å². The third-order valence-corrected chi connectivity index (χ3v) is 3.93. The summed E-state index contributed by atoms with van der Waals surface area (Å²) in [6.45, 7) is 0.421. The van der Waals surface area contributed by atoms with Gasteiger partial charge in [0, 0.05) is 18.3 Å². The van der Waals surface area contributed by atoms with Crippen LogP contribution in [-0.2, 0) is 0 Å². The molecule has 0 heterocycles. The van der Waals surface area contributed by atoms with Crippen molar-refractivity contribution >= 4 is 11.9 Å². The van der Waals surface area contributed by atoms with E-state index in [1.807, 2.05) is 38.4 Å². The molecule has 0 spiro atoms. The zero-order valence-corrected chi connectivity index (χ0v) is 14.4. The Morgan fingerprint density at radius 3 is 2.64 bits per heavy atom. The van der Waals surface area contributed by atoms with Gasteiger partial charge in [-0.25, -0.2) is 0 Å². The molecule has 0 aliphatic carbocycles. The number of nitro groups is 1. The Bertz CT molecular complexity index is 775. The molecule has 25 heavy (non-hydrogen) atoms. The van der Waals surface area contributed by atoms with E-state index >= 15 is 0 Å². The number of ether oxygens (including phenoxy) is 1. The van der Waals surface area contributed by atoms with Crippen molar-refractivity contribution in [3.05, 3.63) is 63.7 Å². The fourth-order valence-electron chi connectivity index (χ4n) is 2.55. The lowest BCUT2D eigenvalue weighted by molar-refractivity contribution is -0.890. The average molecular weight is 343 g/mol. The minimum Gasteiger partial charge on any atom is -0.872 e. The smallest absolute Gasteiger partial charge is 0.270 e. The molecule has 0 aliphatic rings. The van der Waals surface area contributed by atoms with Crippen molar-refractivity contribution in [2.75, 3.05) is 27.7 Å². The number of likely N-dealkylation sites (N-methyl/N-ethyl adjacent to an activating group) is 1. The van der Waals surface area contributed by atoms with Crippen molar-refractivity contribution in [1.82, 2.24) is 0 Å². The van der Waals surface area contributed by atoms with Crippen molar-refractivity contribution in [3.8, 4) is 11.5 Å². The van der Waals surface area contributed by atoms with Crippen molar-refractivity contribution in [2.45, 2.75) is 6.04 Å². The molecule has 0 fully saturated rings. The summed E-state index contributed by atoms with van der Waals surface area (Å²) >= 11 is 0. The second-order valence-corrected chi connectivity index (χ2v) is 5.85. The van der Waals surface area contributed by atoms with Crippen molar-refractivity contribution in [1.29, 1.82) is 0 Å². The van der Waals surface area contributed by atoms with E-state index in [-0.39, 0.29) is 23.0 Å². The molecule has 0 unspecified atom stereocenters. The molecule has 0 aliphatic heterocycles. The van der Waals surface area contributed by atoms with E-state index in [4.69, 9.17) is 4.74 Å². The normalized spacial score (nSPS) is 12.5. The van der Waals surface area contributed by atoms with Crippen LogP contribution in [0.3, 0.4) is 0 Å². The van der Waals surface area contributed by atoms with Crippen molar-refractivity contribution in [2.24, 2.45) is 4.99 Å². The van der Waals surface area contributed by atoms with E-state index in [9.17, 15) is 15.2 Å². The Balaban J connectivity index is 2.23. The largest absolute Gasteiger partial charge is 0.872 e. The summed E-state index contributed by atoms with van der Waals surface area (Å²) in [6.07, 6.45) is 1.40. The quantitative estimate of drug-likeness (QED) is 0.461. The monoisotopic (exact) mass is 343 g/mol. The Morgan fingerprint density at radius 2 is 2.00 bits per heavy atom. The van der Waals surface area contributed by atoms with Gasteiger partial charge in [-0.3, -0.25) is 15.1 Å². The van der Waals surface area contributed by atoms with Crippen LogP contribution in [0.4, 0.5) is 5.69 Å². The zero-order chi connectivity index (χ0) is 18.4. The molecule has 0 radical (unpaired) electrons. The molecule has 0 amide bonds. The Hall–Kier alpha value is -2.93. The predicted molar refractivity (Wildman–Crippen MR) is 93.5 cm³/mol. The van der Waals surface area contributed by atoms with Gasteiger partial charge in [0.2, 0.25) is 0 Å². The van der Waals surface area contributed by atoms with Crippen molar-refractivity contribution < 1.29 is 19.7 Å². The summed E-state index contributed by atoms with van der Waals surface area (Å²) < 4.78 is 5.41. The molecule has 0 bridgehead atoms. The summed E-state index contributed by atoms with van der Waals surface area (Å²) in [5.74, 6) is 0.490. The first-order chi connectivity index (χ1) is 11.9. The van der Waals surface area contributed by atoms with Gasteiger partial charge in [0.25, 0.3) is 5.69 Å². The van der Waals surface area contributed by atoms with Crippen LogP contribution in [0.1, 0.15) is 17.2 Å². The van der Waals surface area contributed by atoms with Gasteiger partial charge >= 0.3 is 0 Å². The summed E-state index contributed by atoms with van der Waals surface area (Å²) in [4.78, 5) is 15.8. The third-order valence-electron chi connectivity index (χ3n) is 3.93. The molecule has 132 valence electrons. The highest BCUT2D eigenvalue weighted by atomic mass is 16.6. The van der Waals surface area contributed by atoms with Gasteiger partial charge in [0.1, 0.15) is 11.8 Å². The number of quaternary nitrogens is 1. The van der Waals surface area contributed by atoms with Crippen molar-refractivity contribution in [3.63, 3.8) is 0 Å². The van der Waals surface area contributed by atoms with Gasteiger partial charge in [-0.2, -0.15) is 0 Å². The van der Waals surface area contributed by atoms with Crippen LogP contribution in [0.25, 0.3) is 0 Å². The summed E-state index contributed by atoms with van der Waals surface area (Å²) in [5, 5.41) is 22.7. The standard InChI is InChI=1S/C18H21N3O4/c1-20(2)16(15-6-4-5-7-18(15)25-3)12-19-11-13-10-14(21(23)24)8-9-17(13)22/h4-11,16,22H,12H2,1-3H3/t16-/m0/s1. The maximum Gasteiger partial charge on any atom is 0.270 e. The minimum absolute atomic E-state index is 0.0289. The SMILES string of the molecule is COc1ccccc1[C@H](CN=Cc1cc([N+](=O)[O-])ccc1[O-])[NH+](C)C. The highest BCUT2D eigenvalue weighted by Gasteiger charge is 2.20. The number of para-hydroxylation sites is 1. The second-order valence-electron chi connectivity index (χ2n) is 5.85. The summed E-state index contributed by atoms with van der Waals surface area (Å²) in [6, 6.07) is 11.4. The Morgan fingerprint density at radius 1 is 1.28 bits per heavy atom. The first-order valence-electron chi connectivity index (χ1n) is 7.82. The van der Waals surface area contributed by atoms with Gasteiger partial charge in [0.15, 0.2) is 0 Å². The van der Waals surface area contributed by atoms with Gasteiger partial charge in [-0.05, 0) is 17.7 Å². The van der Waals surface area contributed by atoms with Gasteiger partial charge in [0.05, 0.1) is 38.2 Å². The minimum atomic E-state index is -0.529. The number of nitro benzene ring substituents is 1. The lowest BCUT2D eigenvalue weighted by Gasteiger charge is -2.22. The van der Waals surface area contributed by atoms with Crippen LogP contribution < -0.4 is 14.7 Å². The number of methoxy groups -OCH3 is 1. The first kappa shape index (κ1) is 18.4. The molecule has 7 heteroatoms.